The number of nitrogens with one attached hydrogen (secondary N) is 1. The molecule has 0 aliphatic carbocycles. The molecular weight excluding hydrogens is 314 g/mol. The summed E-state index contributed by atoms with van der Waals surface area (Å²) < 4.78 is 5.69. The van der Waals surface area contributed by atoms with Gasteiger partial charge >= 0.3 is 0 Å². The Kier molecular flexibility index (Phi) is 3.74. The van der Waals surface area contributed by atoms with Gasteiger partial charge < -0.3 is 9.73 Å². The first-order valence-corrected chi connectivity index (χ1v) is 7.89. The molecule has 5 nitrogen and oxygen atoms in total. The van der Waals surface area contributed by atoms with E-state index in [0.29, 0.717) is 28.0 Å². The normalized spacial score (nSPS) is 10.8. The van der Waals surface area contributed by atoms with E-state index in [0.717, 1.165) is 11.3 Å². The molecule has 4 rings (SSSR count). The van der Waals surface area contributed by atoms with Crippen molar-refractivity contribution >= 4 is 22.6 Å². The standard InChI is InChI=1S/C20H15N3O2/c1-13-9-10-18(25-13)14-5-2-3-7-16(14)23-20(24)15-6-4-8-17-19(15)22-12-11-21-17/h2-12H,1H3,(H,23,24). The number of aryl methyl sites for hydroxylation is 1. The van der Waals surface area contributed by atoms with Crippen molar-refractivity contribution in [3.63, 3.8) is 0 Å². The number of hydrogen-bond donors (Lipinski definition) is 1. The molecule has 122 valence electrons. The molecule has 0 unspecified atom stereocenters. The number of para-hydroxylation sites is 2. The van der Waals surface area contributed by atoms with Crippen molar-refractivity contribution in [3.8, 4) is 11.3 Å². The van der Waals surface area contributed by atoms with E-state index in [-0.39, 0.29) is 5.91 Å². The summed E-state index contributed by atoms with van der Waals surface area (Å²) in [6.45, 7) is 1.89. The first-order valence-electron chi connectivity index (χ1n) is 7.89. The fraction of sp³-hybridized carbons (Fsp3) is 0.0500. The third-order valence-corrected chi connectivity index (χ3v) is 3.92. The van der Waals surface area contributed by atoms with Crippen LogP contribution in [0.3, 0.4) is 0 Å². The molecule has 0 radical (unpaired) electrons. The number of aromatic nitrogens is 2. The van der Waals surface area contributed by atoms with Crippen LogP contribution in [0.1, 0.15) is 16.1 Å². The Morgan fingerprint density at radius 2 is 1.80 bits per heavy atom. The number of rotatable bonds is 3. The summed E-state index contributed by atoms with van der Waals surface area (Å²) in [6, 6.07) is 16.7. The maximum Gasteiger partial charge on any atom is 0.257 e. The smallest absolute Gasteiger partial charge is 0.257 e. The van der Waals surface area contributed by atoms with Crippen molar-refractivity contribution in [2.24, 2.45) is 0 Å². The van der Waals surface area contributed by atoms with E-state index in [4.69, 9.17) is 4.42 Å². The molecule has 1 amide bonds. The van der Waals surface area contributed by atoms with Crippen LogP contribution in [-0.2, 0) is 0 Å². The monoisotopic (exact) mass is 329 g/mol. The van der Waals surface area contributed by atoms with Crippen LogP contribution >= 0.6 is 0 Å². The van der Waals surface area contributed by atoms with E-state index in [9.17, 15) is 4.79 Å². The van der Waals surface area contributed by atoms with Crippen LogP contribution in [-0.4, -0.2) is 15.9 Å². The van der Waals surface area contributed by atoms with Gasteiger partial charge in [0, 0.05) is 18.0 Å². The summed E-state index contributed by atoms with van der Waals surface area (Å²) in [5.41, 5.74) is 3.26. The van der Waals surface area contributed by atoms with Gasteiger partial charge in [0.1, 0.15) is 17.0 Å². The number of furan rings is 1. The maximum absolute atomic E-state index is 12.8. The largest absolute Gasteiger partial charge is 0.461 e. The zero-order valence-corrected chi connectivity index (χ0v) is 13.6. The van der Waals surface area contributed by atoms with Crippen LogP contribution in [0.2, 0.25) is 0 Å². The minimum absolute atomic E-state index is 0.234. The number of amides is 1. The predicted molar refractivity (Wildman–Crippen MR) is 96.4 cm³/mol. The van der Waals surface area contributed by atoms with Gasteiger partial charge in [-0.2, -0.15) is 0 Å². The fourth-order valence-electron chi connectivity index (χ4n) is 2.75. The van der Waals surface area contributed by atoms with Crippen molar-refractivity contribution < 1.29 is 9.21 Å². The van der Waals surface area contributed by atoms with Gasteiger partial charge in [-0.05, 0) is 43.3 Å². The van der Waals surface area contributed by atoms with E-state index >= 15 is 0 Å². The molecule has 25 heavy (non-hydrogen) atoms. The van der Waals surface area contributed by atoms with Gasteiger partial charge in [-0.25, -0.2) is 0 Å². The highest BCUT2D eigenvalue weighted by Gasteiger charge is 2.15. The van der Waals surface area contributed by atoms with Crippen LogP contribution in [0.15, 0.2) is 71.4 Å². The van der Waals surface area contributed by atoms with E-state index in [2.05, 4.69) is 15.3 Å². The maximum atomic E-state index is 12.8. The third kappa shape index (κ3) is 2.87. The van der Waals surface area contributed by atoms with Gasteiger partial charge in [0.15, 0.2) is 0 Å². The second-order valence-electron chi connectivity index (χ2n) is 5.64. The van der Waals surface area contributed by atoms with Crippen molar-refractivity contribution in [1.82, 2.24) is 9.97 Å². The zero-order valence-electron chi connectivity index (χ0n) is 13.6. The van der Waals surface area contributed by atoms with E-state index < -0.39 is 0 Å². The van der Waals surface area contributed by atoms with E-state index in [1.54, 1.807) is 24.5 Å². The number of benzene rings is 2. The number of nitrogens with zero attached hydrogens (tertiary/aromatic N) is 2. The van der Waals surface area contributed by atoms with Crippen molar-refractivity contribution in [2.45, 2.75) is 6.92 Å². The summed E-state index contributed by atoms with van der Waals surface area (Å²) in [7, 11) is 0. The van der Waals surface area contributed by atoms with Gasteiger partial charge in [0.25, 0.3) is 5.91 Å². The van der Waals surface area contributed by atoms with Gasteiger partial charge in [-0.3, -0.25) is 14.8 Å². The van der Waals surface area contributed by atoms with Crippen molar-refractivity contribution in [3.05, 3.63) is 78.3 Å². The van der Waals surface area contributed by atoms with Crippen LogP contribution in [0.5, 0.6) is 0 Å². The highest BCUT2D eigenvalue weighted by atomic mass is 16.3. The molecular formula is C20H15N3O2. The van der Waals surface area contributed by atoms with Crippen LogP contribution in [0.25, 0.3) is 22.4 Å². The minimum Gasteiger partial charge on any atom is -0.461 e. The lowest BCUT2D eigenvalue weighted by atomic mass is 10.1. The Morgan fingerprint density at radius 1 is 0.960 bits per heavy atom. The highest BCUT2D eigenvalue weighted by Crippen LogP contribution is 2.30. The van der Waals surface area contributed by atoms with Crippen LogP contribution < -0.4 is 5.32 Å². The zero-order chi connectivity index (χ0) is 17.2. The molecule has 2 heterocycles. The molecule has 0 spiro atoms. The summed E-state index contributed by atoms with van der Waals surface area (Å²) in [5, 5.41) is 2.96. The van der Waals surface area contributed by atoms with Crippen molar-refractivity contribution in [2.75, 3.05) is 5.32 Å². The lowest BCUT2D eigenvalue weighted by Crippen LogP contribution is -2.13. The first-order chi connectivity index (χ1) is 12.2. The molecule has 2 aromatic carbocycles. The first kappa shape index (κ1) is 15.1. The minimum atomic E-state index is -0.234. The lowest BCUT2D eigenvalue weighted by Gasteiger charge is -2.10. The Balaban J connectivity index is 1.72. The topological polar surface area (TPSA) is 68.0 Å². The summed E-state index contributed by atoms with van der Waals surface area (Å²) in [6.07, 6.45) is 3.19. The molecule has 4 aromatic rings. The number of carbonyl (C=O) groups is 1. The molecule has 1 N–H and O–H groups in total. The van der Waals surface area contributed by atoms with Gasteiger partial charge in [0.05, 0.1) is 16.8 Å². The lowest BCUT2D eigenvalue weighted by molar-refractivity contribution is 0.102. The molecule has 0 bridgehead atoms. The Bertz CT molecular complexity index is 1060. The van der Waals surface area contributed by atoms with Gasteiger partial charge in [-0.1, -0.05) is 18.2 Å². The third-order valence-electron chi connectivity index (χ3n) is 3.92. The van der Waals surface area contributed by atoms with E-state index in [1.165, 1.54) is 0 Å². The average molecular weight is 329 g/mol. The molecule has 5 heteroatoms. The molecule has 0 aliphatic rings. The predicted octanol–water partition coefficient (Wildman–Crippen LogP) is 4.45. The second-order valence-corrected chi connectivity index (χ2v) is 5.64. The summed E-state index contributed by atoms with van der Waals surface area (Å²) in [5.74, 6) is 1.30. The van der Waals surface area contributed by atoms with Gasteiger partial charge in [-0.15, -0.1) is 0 Å². The fourth-order valence-corrected chi connectivity index (χ4v) is 2.75. The molecule has 0 saturated heterocycles. The van der Waals surface area contributed by atoms with Gasteiger partial charge in [0.2, 0.25) is 0 Å². The highest BCUT2D eigenvalue weighted by molar-refractivity contribution is 6.12. The SMILES string of the molecule is Cc1ccc(-c2ccccc2NC(=O)c2cccc3nccnc23)o1. The Labute approximate surface area is 144 Å². The molecule has 0 aliphatic heterocycles. The van der Waals surface area contributed by atoms with E-state index in [1.807, 2.05) is 49.4 Å². The number of anilines is 1. The van der Waals surface area contributed by atoms with Crippen LogP contribution in [0.4, 0.5) is 5.69 Å². The molecule has 0 saturated carbocycles. The molecule has 0 atom stereocenters. The molecule has 0 fully saturated rings. The number of hydrogen-bond acceptors (Lipinski definition) is 4. The van der Waals surface area contributed by atoms with Crippen molar-refractivity contribution in [1.29, 1.82) is 0 Å². The second kappa shape index (κ2) is 6.20. The average Bonchev–Trinajstić information content (AvgIpc) is 3.08. The summed E-state index contributed by atoms with van der Waals surface area (Å²) in [4.78, 5) is 21.3. The Hall–Kier alpha value is -3.47. The quantitative estimate of drug-likeness (QED) is 0.603. The summed E-state index contributed by atoms with van der Waals surface area (Å²) >= 11 is 0. The van der Waals surface area contributed by atoms with Crippen LogP contribution in [0, 0.1) is 6.92 Å². The molecule has 2 aromatic heterocycles. The Morgan fingerprint density at radius 3 is 2.64 bits per heavy atom. The number of fused-ring (bicyclic) bond motifs is 1. The number of carbonyl (C=O) groups excluding carboxylic acids is 1.